The van der Waals surface area contributed by atoms with Gasteiger partial charge in [0, 0.05) is 44.2 Å². The van der Waals surface area contributed by atoms with Gasteiger partial charge in [0.05, 0.1) is 0 Å². The third-order valence-electron chi connectivity index (χ3n) is 12.3. The van der Waals surface area contributed by atoms with Crippen molar-refractivity contribution >= 4 is 67.1 Å². The molecule has 0 saturated heterocycles. The van der Waals surface area contributed by atoms with E-state index in [1.165, 1.54) is 16.7 Å². The van der Waals surface area contributed by atoms with Crippen LogP contribution in [0, 0.1) is 5.92 Å². The highest BCUT2D eigenvalue weighted by Gasteiger charge is 2.28. The van der Waals surface area contributed by atoms with Gasteiger partial charge in [-0.15, -0.1) is 0 Å². The smallest absolute Gasteiger partial charge is 0.164 e. The van der Waals surface area contributed by atoms with Crippen LogP contribution in [0.4, 0.5) is 0 Å². The van der Waals surface area contributed by atoms with Crippen molar-refractivity contribution in [2.75, 3.05) is 0 Å². The molecule has 2 aliphatic heterocycles. The summed E-state index contributed by atoms with van der Waals surface area (Å²) in [4.78, 5) is 39.3. The molecule has 5 heterocycles. The van der Waals surface area contributed by atoms with E-state index in [1.807, 2.05) is 0 Å². The summed E-state index contributed by atoms with van der Waals surface area (Å²) >= 11 is 0. The molecule has 8 bridgehead atoms. The van der Waals surface area contributed by atoms with Gasteiger partial charge in [0.25, 0.3) is 0 Å². The molecule has 264 valence electrons. The monoisotopic (exact) mass is 720 g/mol. The third-order valence-corrected chi connectivity index (χ3v) is 12.3. The lowest BCUT2D eigenvalue weighted by Gasteiger charge is -2.25. The van der Waals surface area contributed by atoms with E-state index in [0.717, 1.165) is 109 Å². The number of nitrogens with zero attached hydrogens (tertiary/aromatic N) is 6. The number of benzene rings is 5. The van der Waals surface area contributed by atoms with Crippen LogP contribution in [0.5, 0.6) is 0 Å². The number of aromatic amines is 2. The maximum Gasteiger partial charge on any atom is 0.164 e. The van der Waals surface area contributed by atoms with Gasteiger partial charge in [-0.25, -0.2) is 29.9 Å². The van der Waals surface area contributed by atoms with Gasteiger partial charge in [-0.2, -0.15) is 0 Å². The Labute approximate surface area is 320 Å². The Morgan fingerprint density at radius 2 is 1.05 bits per heavy atom. The second-order valence-electron chi connectivity index (χ2n) is 15.6. The Kier molecular flexibility index (Phi) is 6.08. The normalized spacial score (nSPS) is 16.4. The van der Waals surface area contributed by atoms with Crippen molar-refractivity contribution in [2.45, 2.75) is 32.1 Å². The fraction of sp³-hybridized carbons (Fsp3) is 0.125. The van der Waals surface area contributed by atoms with Crippen molar-refractivity contribution in [3.05, 3.63) is 131 Å². The Bertz CT molecular complexity index is 3360. The molecular formula is C48H32N8. The average molecular weight is 721 g/mol. The Morgan fingerprint density at radius 1 is 0.518 bits per heavy atom. The zero-order valence-electron chi connectivity index (χ0n) is 30.3. The molecule has 8 aromatic rings. The predicted octanol–water partition coefficient (Wildman–Crippen LogP) is 10.9. The minimum Gasteiger partial charge on any atom is -0.324 e. The van der Waals surface area contributed by atoms with Crippen LogP contribution in [0.2, 0.25) is 0 Å². The fourth-order valence-corrected chi connectivity index (χ4v) is 9.41. The number of hydrogen-bond donors (Lipinski definition) is 2. The number of nitrogens with one attached hydrogen (secondary N) is 2. The second-order valence-corrected chi connectivity index (χ2v) is 15.6. The summed E-state index contributed by atoms with van der Waals surface area (Å²) in [7, 11) is 0. The van der Waals surface area contributed by atoms with Crippen LogP contribution >= 0.6 is 0 Å². The van der Waals surface area contributed by atoms with Crippen LogP contribution in [0.3, 0.4) is 0 Å². The van der Waals surface area contributed by atoms with E-state index >= 15 is 0 Å². The summed E-state index contributed by atoms with van der Waals surface area (Å²) < 4.78 is 0. The Morgan fingerprint density at radius 3 is 1.68 bits per heavy atom. The van der Waals surface area contributed by atoms with E-state index in [0.29, 0.717) is 40.5 Å². The maximum absolute atomic E-state index is 5.39. The molecule has 3 aromatic heterocycles. The molecule has 56 heavy (non-hydrogen) atoms. The summed E-state index contributed by atoms with van der Waals surface area (Å²) in [5.74, 6) is 2.94. The minimum absolute atomic E-state index is 0.434. The van der Waals surface area contributed by atoms with Crippen LogP contribution in [0.1, 0.15) is 41.5 Å². The standard InChI is InChI=1S/C48H32N8/c1-2-10-26-18-34-33(17-25(26)9-1)41-49-42(34)54-44-37-21-29-13-5-6-14-30(29)22-38(37)46(51-44)56-48-40-24-32-16-8-7-15-31(32)23-39(40)47(52-48)55-45-36-20-28-12-4-3-11-27(28)19-35(36)43(50-45)53-41/h1-3,6-11,14-20,22-24,29H,4-5,12-13,21H2,(H2,49,50,51,52,53,54,55,56). The highest BCUT2D eigenvalue weighted by atomic mass is 15.1. The summed E-state index contributed by atoms with van der Waals surface area (Å²) in [6.07, 6.45) is 16.4. The molecule has 0 saturated carbocycles. The molecule has 0 spiro atoms. The van der Waals surface area contributed by atoms with Crippen LogP contribution in [0.15, 0.2) is 109 Å². The molecular weight excluding hydrogens is 689 g/mol. The zero-order valence-corrected chi connectivity index (χ0v) is 30.3. The molecule has 1 atom stereocenters. The molecule has 13 rings (SSSR count). The summed E-state index contributed by atoms with van der Waals surface area (Å²) in [5.41, 5.74) is 12.9. The first kappa shape index (κ1) is 30.3. The van der Waals surface area contributed by atoms with Crippen LogP contribution in [-0.4, -0.2) is 39.9 Å². The molecule has 5 aromatic carbocycles. The van der Waals surface area contributed by atoms with E-state index in [4.69, 9.17) is 29.9 Å². The lowest BCUT2D eigenvalue weighted by atomic mass is 9.79. The number of aromatic nitrogens is 8. The minimum atomic E-state index is 0.434. The second kappa shape index (κ2) is 11.2. The number of rotatable bonds is 0. The Hall–Kier alpha value is -7.06. The van der Waals surface area contributed by atoms with Crippen molar-refractivity contribution in [3.63, 3.8) is 0 Å². The van der Waals surface area contributed by atoms with Crippen molar-refractivity contribution in [1.82, 2.24) is 39.9 Å². The van der Waals surface area contributed by atoms with Crippen molar-refractivity contribution in [1.29, 1.82) is 0 Å². The van der Waals surface area contributed by atoms with Gasteiger partial charge in [0.2, 0.25) is 0 Å². The Balaban J connectivity index is 1.20. The number of H-pyrrole nitrogens is 2. The first-order valence-electron chi connectivity index (χ1n) is 19.5. The number of fused-ring (bicyclic) bond motifs is 24. The van der Waals surface area contributed by atoms with E-state index in [1.54, 1.807) is 0 Å². The van der Waals surface area contributed by atoms with Gasteiger partial charge >= 0.3 is 0 Å². The quantitative estimate of drug-likeness (QED) is 0.161. The summed E-state index contributed by atoms with van der Waals surface area (Å²) in [6.45, 7) is 0. The summed E-state index contributed by atoms with van der Waals surface area (Å²) in [6, 6.07) is 30.2. The van der Waals surface area contributed by atoms with E-state index in [2.05, 4.69) is 125 Å². The first-order valence-corrected chi connectivity index (χ1v) is 19.5. The van der Waals surface area contributed by atoms with Crippen molar-refractivity contribution < 1.29 is 0 Å². The summed E-state index contributed by atoms with van der Waals surface area (Å²) in [5, 5.41) is 6.52. The predicted molar refractivity (Wildman–Crippen MR) is 224 cm³/mol. The van der Waals surface area contributed by atoms with Crippen LogP contribution in [0.25, 0.3) is 113 Å². The number of allylic oxidation sites excluding steroid dienone is 4. The van der Waals surface area contributed by atoms with Gasteiger partial charge in [0.15, 0.2) is 23.3 Å². The SMILES string of the molecule is C1=Cc2cc3c4nc5nc(nc6[nH]c(nc7nc(nc([nH]4)c3cc2CC1)-c1cc2ccccc2cc1-7)c1c6CC2CCC=CC2=C1)-c1cc2ccccc2cc1-5. The van der Waals surface area contributed by atoms with Gasteiger partial charge in [-0.05, 0) is 119 Å². The number of aryl methyl sites for hydroxylation is 1. The van der Waals surface area contributed by atoms with Crippen LogP contribution in [-0.2, 0) is 12.8 Å². The molecule has 5 aliphatic rings. The molecule has 0 radical (unpaired) electrons. The zero-order chi connectivity index (χ0) is 36.5. The highest BCUT2D eigenvalue weighted by Crippen LogP contribution is 2.42. The van der Waals surface area contributed by atoms with E-state index in [9.17, 15) is 0 Å². The fourth-order valence-electron chi connectivity index (χ4n) is 9.41. The highest BCUT2D eigenvalue weighted by molar-refractivity contribution is 6.07. The lowest BCUT2D eigenvalue weighted by molar-refractivity contribution is 0.559. The average Bonchev–Trinajstić information content (AvgIpc) is 3.95. The maximum atomic E-state index is 5.39. The van der Waals surface area contributed by atoms with Crippen molar-refractivity contribution in [3.8, 4) is 45.6 Å². The van der Waals surface area contributed by atoms with E-state index < -0.39 is 0 Å². The topological polar surface area (TPSA) is 109 Å². The lowest BCUT2D eigenvalue weighted by Crippen LogP contribution is -2.13. The molecule has 8 heteroatoms. The molecule has 1 unspecified atom stereocenters. The van der Waals surface area contributed by atoms with Gasteiger partial charge in [0.1, 0.15) is 22.6 Å². The molecule has 0 fully saturated rings. The molecule has 8 nitrogen and oxygen atoms in total. The van der Waals surface area contributed by atoms with Gasteiger partial charge < -0.3 is 9.97 Å². The molecule has 3 aliphatic carbocycles. The van der Waals surface area contributed by atoms with Crippen LogP contribution < -0.4 is 0 Å². The van der Waals surface area contributed by atoms with Crippen molar-refractivity contribution in [2.24, 2.45) is 5.92 Å². The molecule has 2 N–H and O–H groups in total. The third kappa shape index (κ3) is 4.47. The first-order chi connectivity index (χ1) is 27.7. The van der Waals surface area contributed by atoms with Gasteiger partial charge in [-0.3, -0.25) is 0 Å². The van der Waals surface area contributed by atoms with Gasteiger partial charge in [-0.1, -0.05) is 72.8 Å². The number of hydrogen-bond acceptors (Lipinski definition) is 6. The van der Waals surface area contributed by atoms with E-state index in [-0.39, 0.29) is 0 Å². The largest absolute Gasteiger partial charge is 0.324 e. The molecule has 0 amide bonds.